The number of rotatable bonds is 5. The number of carbonyl (C=O) groups excluding carboxylic acids is 1. The standard InChI is InChI=1S/C23H22N2OS/c1-15(2)25-11-10-18-19(21(26)13-17-8-6-16(3)7-9-17)14-20(24-23(18)25)22-5-4-12-27-22/h4-12,14-15H,13H2,1-3H3. The van der Waals surface area contributed by atoms with Gasteiger partial charge < -0.3 is 4.57 Å². The second-order valence-electron chi connectivity index (χ2n) is 7.17. The second kappa shape index (κ2) is 7.12. The van der Waals surface area contributed by atoms with E-state index in [0.29, 0.717) is 6.42 Å². The molecule has 27 heavy (non-hydrogen) atoms. The van der Waals surface area contributed by atoms with Gasteiger partial charge in [0.1, 0.15) is 5.65 Å². The fraction of sp³-hybridized carbons (Fsp3) is 0.217. The van der Waals surface area contributed by atoms with E-state index in [2.05, 4.69) is 43.5 Å². The Bertz CT molecular complexity index is 1090. The Hall–Kier alpha value is -2.72. The summed E-state index contributed by atoms with van der Waals surface area (Å²) < 4.78 is 2.13. The maximum Gasteiger partial charge on any atom is 0.168 e. The minimum absolute atomic E-state index is 0.130. The largest absolute Gasteiger partial charge is 0.330 e. The fourth-order valence-electron chi connectivity index (χ4n) is 3.31. The molecule has 0 saturated heterocycles. The van der Waals surface area contributed by atoms with Gasteiger partial charge in [-0.15, -0.1) is 11.3 Å². The molecule has 1 aromatic carbocycles. The maximum atomic E-state index is 13.2. The average Bonchev–Trinajstić information content (AvgIpc) is 3.32. The highest BCUT2D eigenvalue weighted by molar-refractivity contribution is 7.13. The summed E-state index contributed by atoms with van der Waals surface area (Å²) in [6.07, 6.45) is 2.43. The summed E-state index contributed by atoms with van der Waals surface area (Å²) in [7, 11) is 0. The van der Waals surface area contributed by atoms with Crippen LogP contribution in [0.1, 0.15) is 41.4 Å². The highest BCUT2D eigenvalue weighted by atomic mass is 32.1. The molecule has 0 spiro atoms. The summed E-state index contributed by atoms with van der Waals surface area (Å²) in [5.41, 5.74) is 4.74. The molecule has 0 aliphatic carbocycles. The number of Topliss-reactive ketones (excluding diaryl/α,β-unsaturated/α-hetero) is 1. The molecule has 0 fully saturated rings. The lowest BCUT2D eigenvalue weighted by molar-refractivity contribution is 0.0994. The zero-order chi connectivity index (χ0) is 19.0. The topological polar surface area (TPSA) is 34.9 Å². The number of pyridine rings is 1. The van der Waals surface area contributed by atoms with Crippen molar-refractivity contribution in [3.8, 4) is 10.6 Å². The smallest absolute Gasteiger partial charge is 0.168 e. The van der Waals surface area contributed by atoms with Gasteiger partial charge in [-0.1, -0.05) is 35.9 Å². The van der Waals surface area contributed by atoms with Gasteiger partial charge in [0.15, 0.2) is 5.78 Å². The van der Waals surface area contributed by atoms with Gasteiger partial charge in [-0.2, -0.15) is 0 Å². The van der Waals surface area contributed by atoms with Gasteiger partial charge in [0.25, 0.3) is 0 Å². The fourth-order valence-corrected chi connectivity index (χ4v) is 4.00. The summed E-state index contributed by atoms with van der Waals surface area (Å²) in [6.45, 7) is 6.32. The minimum Gasteiger partial charge on any atom is -0.330 e. The Labute approximate surface area is 163 Å². The number of ketones is 1. The Morgan fingerprint density at radius 1 is 1.15 bits per heavy atom. The second-order valence-corrected chi connectivity index (χ2v) is 8.12. The third-order valence-corrected chi connectivity index (χ3v) is 5.69. The molecule has 0 atom stereocenters. The van der Waals surface area contributed by atoms with Gasteiger partial charge in [0.2, 0.25) is 0 Å². The molecular weight excluding hydrogens is 352 g/mol. The van der Waals surface area contributed by atoms with E-state index in [1.165, 1.54) is 5.56 Å². The summed E-state index contributed by atoms with van der Waals surface area (Å²) in [4.78, 5) is 19.1. The van der Waals surface area contributed by atoms with Crippen molar-refractivity contribution in [3.63, 3.8) is 0 Å². The lowest BCUT2D eigenvalue weighted by Crippen LogP contribution is -2.07. The van der Waals surface area contributed by atoms with Crippen molar-refractivity contribution < 1.29 is 4.79 Å². The molecule has 4 heteroatoms. The van der Waals surface area contributed by atoms with E-state index < -0.39 is 0 Å². The number of aromatic nitrogens is 2. The van der Waals surface area contributed by atoms with Crippen molar-refractivity contribution in [2.45, 2.75) is 33.2 Å². The number of hydrogen-bond donors (Lipinski definition) is 0. The lowest BCUT2D eigenvalue weighted by atomic mass is 10.00. The van der Waals surface area contributed by atoms with Crippen LogP contribution in [0.15, 0.2) is 60.1 Å². The number of fused-ring (bicyclic) bond motifs is 1. The highest BCUT2D eigenvalue weighted by Crippen LogP contribution is 2.30. The molecule has 4 aromatic rings. The van der Waals surface area contributed by atoms with Crippen LogP contribution in [0.3, 0.4) is 0 Å². The molecule has 0 radical (unpaired) electrons. The van der Waals surface area contributed by atoms with Crippen molar-refractivity contribution in [1.29, 1.82) is 0 Å². The van der Waals surface area contributed by atoms with Crippen LogP contribution in [-0.2, 0) is 6.42 Å². The summed E-state index contributed by atoms with van der Waals surface area (Å²) in [5.74, 6) is 0.130. The van der Waals surface area contributed by atoms with Crippen molar-refractivity contribution in [1.82, 2.24) is 9.55 Å². The SMILES string of the molecule is Cc1ccc(CC(=O)c2cc(-c3cccs3)nc3c2ccn3C(C)C)cc1. The molecular formula is C23H22N2OS. The molecule has 0 unspecified atom stereocenters. The van der Waals surface area contributed by atoms with Crippen LogP contribution < -0.4 is 0 Å². The van der Waals surface area contributed by atoms with Crippen molar-refractivity contribution in [2.75, 3.05) is 0 Å². The predicted octanol–water partition coefficient (Wildman–Crippen LogP) is 6.08. The van der Waals surface area contributed by atoms with E-state index >= 15 is 0 Å². The van der Waals surface area contributed by atoms with Crippen molar-refractivity contribution >= 4 is 28.2 Å². The molecule has 0 bridgehead atoms. The molecule has 0 aliphatic heterocycles. The Kier molecular flexibility index (Phi) is 4.66. The number of nitrogens with zero attached hydrogens (tertiary/aromatic N) is 2. The van der Waals surface area contributed by atoms with Gasteiger partial charge in [-0.05, 0) is 49.9 Å². The van der Waals surface area contributed by atoms with E-state index in [0.717, 1.165) is 32.7 Å². The average molecular weight is 375 g/mol. The van der Waals surface area contributed by atoms with Crippen molar-refractivity contribution in [3.05, 3.63) is 76.8 Å². The molecule has 0 saturated carbocycles. The van der Waals surface area contributed by atoms with Gasteiger partial charge in [0, 0.05) is 29.6 Å². The third-order valence-electron chi connectivity index (χ3n) is 4.80. The van der Waals surface area contributed by atoms with E-state index in [9.17, 15) is 4.79 Å². The number of hydrogen-bond acceptors (Lipinski definition) is 3. The Balaban J connectivity index is 1.82. The maximum absolute atomic E-state index is 13.2. The van der Waals surface area contributed by atoms with Gasteiger partial charge in [0.05, 0.1) is 10.6 Å². The predicted molar refractivity (Wildman–Crippen MR) is 113 cm³/mol. The molecule has 4 rings (SSSR count). The van der Waals surface area contributed by atoms with E-state index in [1.807, 2.05) is 41.9 Å². The number of aryl methyl sites for hydroxylation is 1. The first-order valence-electron chi connectivity index (χ1n) is 9.17. The highest BCUT2D eigenvalue weighted by Gasteiger charge is 2.18. The van der Waals surface area contributed by atoms with E-state index in [-0.39, 0.29) is 11.8 Å². The van der Waals surface area contributed by atoms with Crippen LogP contribution in [0.25, 0.3) is 21.6 Å². The molecule has 3 aromatic heterocycles. The van der Waals surface area contributed by atoms with Gasteiger partial charge >= 0.3 is 0 Å². The van der Waals surface area contributed by atoms with Crippen molar-refractivity contribution in [2.24, 2.45) is 0 Å². The van der Waals surface area contributed by atoms with Crippen LogP contribution in [-0.4, -0.2) is 15.3 Å². The minimum atomic E-state index is 0.130. The van der Waals surface area contributed by atoms with E-state index in [1.54, 1.807) is 11.3 Å². The Morgan fingerprint density at radius 3 is 2.59 bits per heavy atom. The monoisotopic (exact) mass is 374 g/mol. The normalized spacial score (nSPS) is 11.4. The third kappa shape index (κ3) is 3.45. The van der Waals surface area contributed by atoms with Gasteiger partial charge in [-0.3, -0.25) is 4.79 Å². The first-order chi connectivity index (χ1) is 13.0. The molecule has 0 aliphatic rings. The zero-order valence-electron chi connectivity index (χ0n) is 15.8. The summed E-state index contributed by atoms with van der Waals surface area (Å²) >= 11 is 1.64. The van der Waals surface area contributed by atoms with E-state index in [4.69, 9.17) is 4.98 Å². The number of carbonyl (C=O) groups is 1. The van der Waals surface area contributed by atoms with Gasteiger partial charge in [-0.25, -0.2) is 4.98 Å². The molecule has 136 valence electrons. The van der Waals surface area contributed by atoms with Crippen LogP contribution in [0, 0.1) is 6.92 Å². The quantitative estimate of drug-likeness (QED) is 0.397. The van der Waals surface area contributed by atoms with Crippen LogP contribution in [0.4, 0.5) is 0 Å². The molecule has 3 heterocycles. The summed E-state index contributed by atoms with van der Waals surface area (Å²) in [6, 6.07) is 16.5. The molecule has 3 nitrogen and oxygen atoms in total. The number of thiophene rings is 1. The zero-order valence-corrected chi connectivity index (χ0v) is 16.6. The lowest BCUT2D eigenvalue weighted by Gasteiger charge is -2.11. The molecule has 0 amide bonds. The Morgan fingerprint density at radius 2 is 1.93 bits per heavy atom. The molecule has 0 N–H and O–H groups in total. The van der Waals surface area contributed by atoms with Crippen LogP contribution in [0.2, 0.25) is 0 Å². The van der Waals surface area contributed by atoms with Crippen LogP contribution in [0.5, 0.6) is 0 Å². The first-order valence-corrected chi connectivity index (χ1v) is 10.0. The van der Waals surface area contributed by atoms with Crippen LogP contribution >= 0.6 is 11.3 Å². The first kappa shape index (κ1) is 17.7. The number of benzene rings is 1. The summed E-state index contributed by atoms with van der Waals surface area (Å²) in [5, 5.41) is 2.97.